The molecule has 22 heavy (non-hydrogen) atoms. The quantitative estimate of drug-likeness (QED) is 0.815. The lowest BCUT2D eigenvalue weighted by Gasteiger charge is -2.24. The van der Waals surface area contributed by atoms with Crippen molar-refractivity contribution in [2.24, 2.45) is 0 Å². The van der Waals surface area contributed by atoms with Gasteiger partial charge in [0.2, 0.25) is 0 Å². The first-order valence-electron chi connectivity index (χ1n) is 7.32. The van der Waals surface area contributed by atoms with Gasteiger partial charge in [0, 0.05) is 13.6 Å². The lowest BCUT2D eigenvalue weighted by molar-refractivity contribution is -0.138. The Labute approximate surface area is 130 Å². The molecule has 0 N–H and O–H groups in total. The van der Waals surface area contributed by atoms with Gasteiger partial charge in [0.15, 0.2) is 17.7 Å². The molecule has 2 aromatic rings. The Kier molecular flexibility index (Phi) is 5.53. The van der Waals surface area contributed by atoms with E-state index in [1.54, 1.807) is 24.1 Å². The van der Waals surface area contributed by atoms with E-state index < -0.39 is 11.9 Å². The van der Waals surface area contributed by atoms with Crippen LogP contribution in [0.2, 0.25) is 0 Å². The van der Waals surface area contributed by atoms with Crippen LogP contribution < -0.4 is 4.74 Å². The standard InChI is InChI=1S/C18H20FNO2/c1-3-16(22-17-12-8-7-11-15(17)19)18(21)20(2)13-14-9-5-4-6-10-14/h4-12,16H,3,13H2,1-2H3/t16-/m1/s1. The Hall–Kier alpha value is -2.36. The zero-order valence-electron chi connectivity index (χ0n) is 12.8. The molecule has 3 nitrogen and oxygen atoms in total. The topological polar surface area (TPSA) is 29.5 Å². The predicted octanol–water partition coefficient (Wildman–Crippen LogP) is 3.64. The Balaban J connectivity index is 2.03. The first-order chi connectivity index (χ1) is 10.6. The number of likely N-dealkylation sites (N-methyl/N-ethyl adjacent to an activating group) is 1. The van der Waals surface area contributed by atoms with Gasteiger partial charge in [-0.15, -0.1) is 0 Å². The van der Waals surface area contributed by atoms with Crippen molar-refractivity contribution in [1.29, 1.82) is 0 Å². The summed E-state index contributed by atoms with van der Waals surface area (Å²) >= 11 is 0. The SMILES string of the molecule is CC[C@@H](Oc1ccccc1F)C(=O)N(C)Cc1ccccc1. The highest BCUT2D eigenvalue weighted by Crippen LogP contribution is 2.19. The summed E-state index contributed by atoms with van der Waals surface area (Å²) in [7, 11) is 1.72. The summed E-state index contributed by atoms with van der Waals surface area (Å²) in [5.74, 6) is -0.509. The average Bonchev–Trinajstić information content (AvgIpc) is 2.54. The van der Waals surface area contributed by atoms with E-state index >= 15 is 0 Å². The van der Waals surface area contributed by atoms with Gasteiger partial charge in [-0.2, -0.15) is 0 Å². The van der Waals surface area contributed by atoms with Crippen LogP contribution in [0.1, 0.15) is 18.9 Å². The highest BCUT2D eigenvalue weighted by Gasteiger charge is 2.23. The lowest BCUT2D eigenvalue weighted by atomic mass is 10.2. The third-order valence-electron chi connectivity index (χ3n) is 3.39. The third-order valence-corrected chi connectivity index (χ3v) is 3.39. The van der Waals surface area contributed by atoms with Crippen LogP contribution >= 0.6 is 0 Å². The number of amides is 1. The molecule has 0 fully saturated rings. The summed E-state index contributed by atoms with van der Waals surface area (Å²) in [6.07, 6.45) is -0.211. The molecular weight excluding hydrogens is 281 g/mol. The molecular formula is C18H20FNO2. The number of hydrogen-bond acceptors (Lipinski definition) is 2. The van der Waals surface area contributed by atoms with Gasteiger partial charge in [0.05, 0.1) is 0 Å². The molecule has 0 radical (unpaired) electrons. The first kappa shape index (κ1) is 16.0. The number of ether oxygens (including phenoxy) is 1. The van der Waals surface area contributed by atoms with Crippen molar-refractivity contribution in [3.63, 3.8) is 0 Å². The maximum Gasteiger partial charge on any atom is 0.263 e. The molecule has 0 aliphatic heterocycles. The second-order valence-corrected chi connectivity index (χ2v) is 5.13. The van der Waals surface area contributed by atoms with Crippen LogP contribution in [-0.2, 0) is 11.3 Å². The van der Waals surface area contributed by atoms with Crippen LogP contribution in [0.15, 0.2) is 54.6 Å². The minimum Gasteiger partial charge on any atom is -0.478 e. The monoisotopic (exact) mass is 301 g/mol. The van der Waals surface area contributed by atoms with Crippen molar-refractivity contribution >= 4 is 5.91 Å². The van der Waals surface area contributed by atoms with Crippen molar-refractivity contribution in [3.8, 4) is 5.75 Å². The van der Waals surface area contributed by atoms with Crippen LogP contribution in [0.5, 0.6) is 5.75 Å². The Morgan fingerprint density at radius 2 is 1.77 bits per heavy atom. The molecule has 0 aliphatic carbocycles. The third kappa shape index (κ3) is 4.07. The zero-order chi connectivity index (χ0) is 15.9. The van der Waals surface area contributed by atoms with E-state index in [0.717, 1.165) is 5.56 Å². The smallest absolute Gasteiger partial charge is 0.263 e. The van der Waals surface area contributed by atoms with Gasteiger partial charge in [0.25, 0.3) is 5.91 Å². The van der Waals surface area contributed by atoms with Gasteiger partial charge < -0.3 is 9.64 Å². The van der Waals surface area contributed by atoms with Crippen LogP contribution in [-0.4, -0.2) is 24.0 Å². The zero-order valence-corrected chi connectivity index (χ0v) is 12.8. The van der Waals surface area contributed by atoms with Crippen molar-refractivity contribution < 1.29 is 13.9 Å². The summed E-state index contributed by atoms with van der Waals surface area (Å²) in [6.45, 7) is 2.34. The van der Waals surface area contributed by atoms with Crippen molar-refractivity contribution in [3.05, 3.63) is 66.0 Å². The fourth-order valence-electron chi connectivity index (χ4n) is 2.18. The Bertz CT molecular complexity index is 615. The number of rotatable bonds is 6. The van der Waals surface area contributed by atoms with E-state index in [1.807, 2.05) is 37.3 Å². The van der Waals surface area contributed by atoms with Gasteiger partial charge in [0.1, 0.15) is 0 Å². The molecule has 0 aliphatic rings. The second-order valence-electron chi connectivity index (χ2n) is 5.13. The summed E-state index contributed by atoms with van der Waals surface area (Å²) in [6, 6.07) is 15.8. The highest BCUT2D eigenvalue weighted by atomic mass is 19.1. The number of para-hydroxylation sites is 1. The summed E-state index contributed by atoms with van der Waals surface area (Å²) in [5.41, 5.74) is 1.04. The normalized spacial score (nSPS) is 11.8. The number of benzene rings is 2. The van der Waals surface area contributed by atoms with E-state index in [-0.39, 0.29) is 11.7 Å². The van der Waals surface area contributed by atoms with E-state index in [1.165, 1.54) is 12.1 Å². The van der Waals surface area contributed by atoms with Gasteiger partial charge in [-0.25, -0.2) is 4.39 Å². The molecule has 2 rings (SSSR count). The largest absolute Gasteiger partial charge is 0.478 e. The molecule has 0 unspecified atom stereocenters. The molecule has 116 valence electrons. The van der Waals surface area contributed by atoms with Gasteiger partial charge in [-0.05, 0) is 24.1 Å². The van der Waals surface area contributed by atoms with E-state index in [4.69, 9.17) is 4.74 Å². The fraction of sp³-hybridized carbons (Fsp3) is 0.278. The molecule has 0 spiro atoms. The lowest BCUT2D eigenvalue weighted by Crippen LogP contribution is -2.39. The van der Waals surface area contributed by atoms with Crippen LogP contribution in [0, 0.1) is 5.82 Å². The first-order valence-corrected chi connectivity index (χ1v) is 7.32. The maximum absolute atomic E-state index is 13.6. The summed E-state index contributed by atoms with van der Waals surface area (Å²) in [5, 5.41) is 0. The Morgan fingerprint density at radius 1 is 1.14 bits per heavy atom. The predicted molar refractivity (Wildman–Crippen MR) is 84.0 cm³/mol. The number of hydrogen-bond donors (Lipinski definition) is 0. The minimum absolute atomic E-state index is 0.107. The fourth-order valence-corrected chi connectivity index (χ4v) is 2.18. The number of nitrogens with zero attached hydrogens (tertiary/aromatic N) is 1. The molecule has 1 amide bonds. The van der Waals surface area contributed by atoms with Gasteiger partial charge >= 0.3 is 0 Å². The molecule has 2 aromatic carbocycles. The second kappa shape index (κ2) is 7.59. The average molecular weight is 301 g/mol. The van der Waals surface area contributed by atoms with Crippen molar-refractivity contribution in [1.82, 2.24) is 4.90 Å². The van der Waals surface area contributed by atoms with E-state index in [2.05, 4.69) is 0 Å². The minimum atomic E-state index is -0.689. The molecule has 0 saturated heterocycles. The molecule has 0 saturated carbocycles. The van der Waals surface area contributed by atoms with Crippen LogP contribution in [0.25, 0.3) is 0 Å². The van der Waals surface area contributed by atoms with E-state index in [0.29, 0.717) is 13.0 Å². The number of carbonyl (C=O) groups excluding carboxylic acids is 1. The molecule has 0 heterocycles. The maximum atomic E-state index is 13.6. The van der Waals surface area contributed by atoms with Crippen LogP contribution in [0.3, 0.4) is 0 Å². The Morgan fingerprint density at radius 3 is 2.41 bits per heavy atom. The van der Waals surface area contributed by atoms with Crippen molar-refractivity contribution in [2.45, 2.75) is 26.0 Å². The molecule has 4 heteroatoms. The number of carbonyl (C=O) groups is 1. The molecule has 0 bridgehead atoms. The molecule has 1 atom stereocenters. The van der Waals surface area contributed by atoms with Crippen molar-refractivity contribution in [2.75, 3.05) is 7.05 Å². The van der Waals surface area contributed by atoms with Gasteiger partial charge in [-0.3, -0.25) is 4.79 Å². The summed E-state index contributed by atoms with van der Waals surface area (Å²) < 4.78 is 19.2. The van der Waals surface area contributed by atoms with Crippen LogP contribution in [0.4, 0.5) is 4.39 Å². The number of halogens is 1. The summed E-state index contributed by atoms with van der Waals surface area (Å²) in [4.78, 5) is 14.1. The molecule has 0 aromatic heterocycles. The van der Waals surface area contributed by atoms with E-state index in [9.17, 15) is 9.18 Å². The van der Waals surface area contributed by atoms with Gasteiger partial charge in [-0.1, -0.05) is 49.4 Å². The highest BCUT2D eigenvalue weighted by molar-refractivity contribution is 5.81.